The largest absolute Gasteiger partial charge is 0.497 e. The highest BCUT2D eigenvalue weighted by molar-refractivity contribution is 7.89. The Balaban J connectivity index is 2.07. The second-order valence-corrected chi connectivity index (χ2v) is 7.48. The van der Waals surface area contributed by atoms with Crippen LogP contribution in [-0.4, -0.2) is 34.6 Å². The summed E-state index contributed by atoms with van der Waals surface area (Å²) in [6.07, 6.45) is 0. The third-order valence-electron chi connectivity index (χ3n) is 3.52. The van der Waals surface area contributed by atoms with Gasteiger partial charge in [-0.1, -0.05) is 11.6 Å². The number of anilines is 1. The van der Waals surface area contributed by atoms with Gasteiger partial charge in [0.15, 0.2) is 0 Å². The summed E-state index contributed by atoms with van der Waals surface area (Å²) < 4.78 is 37.2. The Morgan fingerprint density at radius 3 is 2.27 bits per heavy atom. The maximum absolute atomic E-state index is 12.4. The van der Waals surface area contributed by atoms with Crippen LogP contribution in [0, 0.1) is 0 Å². The Bertz CT molecular complexity index is 885. The lowest BCUT2D eigenvalue weighted by molar-refractivity contribution is -0.117. The summed E-state index contributed by atoms with van der Waals surface area (Å²) in [7, 11) is -0.958. The number of sulfonamides is 1. The third-order valence-corrected chi connectivity index (χ3v) is 5.35. The number of carbonyl (C=O) groups is 1. The van der Waals surface area contributed by atoms with Gasteiger partial charge in [0, 0.05) is 5.69 Å². The molecule has 0 aliphatic carbocycles. The van der Waals surface area contributed by atoms with Crippen molar-refractivity contribution >= 4 is 33.2 Å². The average molecular weight is 399 g/mol. The molecule has 1 atom stereocenters. The molecular weight excluding hydrogens is 380 g/mol. The van der Waals surface area contributed by atoms with Gasteiger partial charge < -0.3 is 14.8 Å². The van der Waals surface area contributed by atoms with Crippen molar-refractivity contribution in [3.63, 3.8) is 0 Å². The number of methoxy groups -OCH3 is 2. The number of hydrogen-bond donors (Lipinski definition) is 2. The molecular formula is C17H19ClN2O5S. The molecule has 0 fully saturated rings. The van der Waals surface area contributed by atoms with Crippen LogP contribution in [0.3, 0.4) is 0 Å². The number of rotatable bonds is 7. The van der Waals surface area contributed by atoms with Gasteiger partial charge in [-0.3, -0.25) is 4.79 Å². The van der Waals surface area contributed by atoms with E-state index in [0.717, 1.165) is 0 Å². The SMILES string of the molecule is COc1ccc(NC(=O)[C@H](C)NS(=O)(=O)c2ccc(OC)c(Cl)c2)cc1. The Morgan fingerprint density at radius 1 is 1.08 bits per heavy atom. The molecule has 0 unspecified atom stereocenters. The minimum atomic E-state index is -3.93. The summed E-state index contributed by atoms with van der Waals surface area (Å²) in [5.74, 6) is 0.502. The second kappa shape index (κ2) is 8.39. The maximum Gasteiger partial charge on any atom is 0.242 e. The Labute approximate surface area is 157 Å². The number of carbonyl (C=O) groups excluding carboxylic acids is 1. The van der Waals surface area contributed by atoms with E-state index in [2.05, 4.69) is 10.0 Å². The first-order valence-corrected chi connectivity index (χ1v) is 9.43. The van der Waals surface area contributed by atoms with Gasteiger partial charge in [-0.05, 0) is 49.4 Å². The molecule has 0 bridgehead atoms. The first kappa shape index (κ1) is 20.0. The highest BCUT2D eigenvalue weighted by atomic mass is 35.5. The molecule has 140 valence electrons. The van der Waals surface area contributed by atoms with Crippen LogP contribution in [0.4, 0.5) is 5.69 Å². The van der Waals surface area contributed by atoms with Gasteiger partial charge >= 0.3 is 0 Å². The van der Waals surface area contributed by atoms with Crippen LogP contribution in [0.5, 0.6) is 11.5 Å². The fourth-order valence-electron chi connectivity index (χ4n) is 2.09. The number of halogens is 1. The lowest BCUT2D eigenvalue weighted by Crippen LogP contribution is -2.41. The molecule has 0 radical (unpaired) electrons. The average Bonchev–Trinajstić information content (AvgIpc) is 2.61. The van der Waals surface area contributed by atoms with E-state index in [0.29, 0.717) is 17.2 Å². The van der Waals surface area contributed by atoms with E-state index in [1.165, 1.54) is 39.3 Å². The van der Waals surface area contributed by atoms with Crippen molar-refractivity contribution in [2.75, 3.05) is 19.5 Å². The molecule has 9 heteroatoms. The van der Waals surface area contributed by atoms with E-state index < -0.39 is 22.0 Å². The van der Waals surface area contributed by atoms with Crippen LogP contribution in [-0.2, 0) is 14.8 Å². The molecule has 0 saturated heterocycles. The molecule has 2 rings (SSSR count). The van der Waals surface area contributed by atoms with Crippen LogP contribution in [0.1, 0.15) is 6.92 Å². The zero-order valence-corrected chi connectivity index (χ0v) is 16.0. The Morgan fingerprint density at radius 2 is 1.73 bits per heavy atom. The predicted molar refractivity (Wildman–Crippen MR) is 99.4 cm³/mol. The van der Waals surface area contributed by atoms with E-state index in [9.17, 15) is 13.2 Å². The van der Waals surface area contributed by atoms with Gasteiger partial charge in [-0.15, -0.1) is 0 Å². The molecule has 0 aliphatic heterocycles. The van der Waals surface area contributed by atoms with Crippen molar-refractivity contribution in [3.05, 3.63) is 47.5 Å². The van der Waals surface area contributed by atoms with Crippen molar-refractivity contribution in [3.8, 4) is 11.5 Å². The van der Waals surface area contributed by atoms with Crippen molar-refractivity contribution in [2.45, 2.75) is 17.9 Å². The Hall–Kier alpha value is -2.29. The quantitative estimate of drug-likeness (QED) is 0.747. The minimum absolute atomic E-state index is 0.0626. The van der Waals surface area contributed by atoms with Gasteiger partial charge in [0.1, 0.15) is 11.5 Å². The molecule has 0 heterocycles. The van der Waals surface area contributed by atoms with E-state index >= 15 is 0 Å². The van der Waals surface area contributed by atoms with Crippen molar-refractivity contribution in [1.82, 2.24) is 4.72 Å². The number of ether oxygens (including phenoxy) is 2. The minimum Gasteiger partial charge on any atom is -0.497 e. The zero-order valence-electron chi connectivity index (χ0n) is 14.4. The van der Waals surface area contributed by atoms with E-state index in [1.54, 1.807) is 24.3 Å². The van der Waals surface area contributed by atoms with Crippen LogP contribution >= 0.6 is 11.6 Å². The number of hydrogen-bond acceptors (Lipinski definition) is 5. The maximum atomic E-state index is 12.4. The molecule has 2 N–H and O–H groups in total. The number of benzene rings is 2. The van der Waals surface area contributed by atoms with Gasteiger partial charge in [0.2, 0.25) is 15.9 Å². The van der Waals surface area contributed by atoms with Crippen molar-refractivity contribution in [1.29, 1.82) is 0 Å². The highest BCUT2D eigenvalue weighted by Crippen LogP contribution is 2.27. The molecule has 1 amide bonds. The molecule has 0 aromatic heterocycles. The molecule has 26 heavy (non-hydrogen) atoms. The fraction of sp³-hybridized carbons (Fsp3) is 0.235. The topological polar surface area (TPSA) is 93.7 Å². The summed E-state index contributed by atoms with van der Waals surface area (Å²) in [5.41, 5.74) is 0.523. The zero-order chi connectivity index (χ0) is 19.3. The van der Waals surface area contributed by atoms with Gasteiger partial charge in [-0.2, -0.15) is 4.72 Å². The third kappa shape index (κ3) is 4.87. The number of nitrogens with one attached hydrogen (secondary N) is 2. The molecule has 0 spiro atoms. The van der Waals surface area contributed by atoms with Crippen molar-refractivity contribution in [2.24, 2.45) is 0 Å². The molecule has 0 aliphatic rings. The van der Waals surface area contributed by atoms with Crippen molar-refractivity contribution < 1.29 is 22.7 Å². The first-order valence-electron chi connectivity index (χ1n) is 7.57. The molecule has 2 aromatic rings. The monoisotopic (exact) mass is 398 g/mol. The lowest BCUT2D eigenvalue weighted by Gasteiger charge is -2.15. The fourth-order valence-corrected chi connectivity index (χ4v) is 3.64. The molecule has 2 aromatic carbocycles. The highest BCUT2D eigenvalue weighted by Gasteiger charge is 2.23. The number of amides is 1. The lowest BCUT2D eigenvalue weighted by atomic mass is 10.2. The summed E-state index contributed by atoms with van der Waals surface area (Å²) in [5, 5.41) is 2.79. The summed E-state index contributed by atoms with van der Waals surface area (Å²) >= 11 is 5.96. The predicted octanol–water partition coefficient (Wildman–Crippen LogP) is 2.66. The van der Waals surface area contributed by atoms with Gasteiger partial charge in [-0.25, -0.2) is 8.42 Å². The van der Waals surface area contributed by atoms with Crippen LogP contribution in [0.15, 0.2) is 47.4 Å². The van der Waals surface area contributed by atoms with Gasteiger partial charge in [0.25, 0.3) is 0 Å². The van der Waals surface area contributed by atoms with E-state index in [1.807, 2.05) is 0 Å². The normalized spacial score (nSPS) is 12.3. The molecule has 0 saturated carbocycles. The van der Waals surface area contributed by atoms with E-state index in [4.69, 9.17) is 21.1 Å². The van der Waals surface area contributed by atoms with Gasteiger partial charge in [0.05, 0.1) is 30.2 Å². The summed E-state index contributed by atoms with van der Waals surface area (Å²) in [4.78, 5) is 12.2. The summed E-state index contributed by atoms with van der Waals surface area (Å²) in [6, 6.07) is 9.73. The first-order chi connectivity index (χ1) is 12.3. The molecule has 7 nitrogen and oxygen atoms in total. The van der Waals surface area contributed by atoms with Crippen LogP contribution in [0.25, 0.3) is 0 Å². The second-order valence-electron chi connectivity index (χ2n) is 5.36. The van der Waals surface area contributed by atoms with Crippen LogP contribution in [0.2, 0.25) is 5.02 Å². The van der Waals surface area contributed by atoms with Crippen LogP contribution < -0.4 is 19.5 Å². The van der Waals surface area contributed by atoms with E-state index in [-0.39, 0.29) is 9.92 Å². The Kier molecular flexibility index (Phi) is 6.47. The standard InChI is InChI=1S/C17H19ClN2O5S/c1-11(17(21)19-12-4-6-13(24-2)7-5-12)20-26(22,23)14-8-9-16(25-3)15(18)10-14/h4-11,20H,1-3H3,(H,19,21)/t11-/m0/s1. The smallest absolute Gasteiger partial charge is 0.242 e. The summed E-state index contributed by atoms with van der Waals surface area (Å²) in [6.45, 7) is 1.45.